The molecule has 138 valence electrons. The van der Waals surface area contributed by atoms with Gasteiger partial charge in [0.2, 0.25) is 0 Å². The van der Waals surface area contributed by atoms with E-state index in [9.17, 15) is 9.90 Å². The summed E-state index contributed by atoms with van der Waals surface area (Å²) in [4.78, 5) is 24.0. The van der Waals surface area contributed by atoms with Crippen LogP contribution < -0.4 is 10.5 Å². The number of aliphatic hydroxyl groups is 1. The Balaban J connectivity index is 1.49. The van der Waals surface area contributed by atoms with Gasteiger partial charge in [0.1, 0.15) is 5.82 Å². The lowest BCUT2D eigenvalue weighted by Crippen LogP contribution is -2.47. The highest BCUT2D eigenvalue weighted by Crippen LogP contribution is 2.31. The molecule has 0 spiro atoms. The molecule has 0 amide bonds. The third-order valence-electron chi connectivity index (χ3n) is 6.14. The fourth-order valence-electron chi connectivity index (χ4n) is 4.68. The first kappa shape index (κ1) is 17.0. The molecule has 4 heterocycles. The maximum absolute atomic E-state index is 12.6. The maximum Gasteiger partial charge on any atom is 0.255 e. The van der Waals surface area contributed by atoms with Crippen molar-refractivity contribution >= 4 is 5.82 Å². The van der Waals surface area contributed by atoms with Crippen molar-refractivity contribution in [1.82, 2.24) is 19.4 Å². The summed E-state index contributed by atoms with van der Waals surface area (Å²) in [5, 5.41) is 10.8. The van der Waals surface area contributed by atoms with E-state index >= 15 is 0 Å². The molecule has 7 heteroatoms. The first-order valence-corrected chi connectivity index (χ1v) is 9.34. The topological polar surface area (TPSA) is 64.8 Å². The van der Waals surface area contributed by atoms with Gasteiger partial charge in [-0.05, 0) is 39.3 Å². The van der Waals surface area contributed by atoms with Gasteiger partial charge < -0.3 is 19.8 Å². The summed E-state index contributed by atoms with van der Waals surface area (Å²) in [5.74, 6) is 1.47. The molecule has 3 aliphatic heterocycles. The number of hydrogen-bond acceptors (Lipinski definition) is 6. The number of rotatable bonds is 3. The summed E-state index contributed by atoms with van der Waals surface area (Å²) >= 11 is 0. The van der Waals surface area contributed by atoms with E-state index in [2.05, 4.69) is 33.8 Å². The normalized spacial score (nSPS) is 30.0. The van der Waals surface area contributed by atoms with E-state index in [-0.39, 0.29) is 5.56 Å². The highest BCUT2D eigenvalue weighted by Gasteiger charge is 2.38. The van der Waals surface area contributed by atoms with Crippen LogP contribution in [-0.2, 0) is 6.54 Å². The third-order valence-corrected chi connectivity index (χ3v) is 6.14. The van der Waals surface area contributed by atoms with Crippen LogP contribution in [0.2, 0.25) is 0 Å². The highest BCUT2D eigenvalue weighted by molar-refractivity contribution is 5.41. The fourth-order valence-corrected chi connectivity index (χ4v) is 4.68. The minimum absolute atomic E-state index is 0.0628. The van der Waals surface area contributed by atoms with Crippen LogP contribution in [0.4, 0.5) is 5.82 Å². The molecule has 25 heavy (non-hydrogen) atoms. The molecule has 0 aromatic carbocycles. The van der Waals surface area contributed by atoms with Crippen LogP contribution in [0.1, 0.15) is 19.3 Å². The molecule has 4 rings (SSSR count). The van der Waals surface area contributed by atoms with E-state index in [1.165, 1.54) is 6.42 Å². The Morgan fingerprint density at radius 2 is 1.96 bits per heavy atom. The molecular weight excluding hydrogens is 318 g/mol. The van der Waals surface area contributed by atoms with Gasteiger partial charge in [-0.3, -0.25) is 9.36 Å². The molecule has 7 nitrogen and oxygen atoms in total. The monoisotopic (exact) mass is 347 g/mol. The van der Waals surface area contributed by atoms with E-state index in [4.69, 9.17) is 0 Å². The molecule has 2 atom stereocenters. The number of anilines is 1. The number of fused-ring (bicyclic) bond motifs is 2. The van der Waals surface area contributed by atoms with Crippen LogP contribution in [0.25, 0.3) is 0 Å². The van der Waals surface area contributed by atoms with Crippen LogP contribution in [0.15, 0.2) is 17.2 Å². The minimum atomic E-state index is -0.799. The lowest BCUT2D eigenvalue weighted by molar-refractivity contribution is -0.0299. The van der Waals surface area contributed by atoms with Gasteiger partial charge in [-0.25, -0.2) is 4.98 Å². The molecule has 2 bridgehead atoms. The van der Waals surface area contributed by atoms with Gasteiger partial charge in [-0.1, -0.05) is 0 Å². The minimum Gasteiger partial charge on any atom is -0.388 e. The molecule has 0 saturated carbocycles. The molecule has 3 fully saturated rings. The standard InChI is InChI=1S/C18H29N5O2/c1-20-5-3-18(25,4-6-20)12-22-13-19-16(8-17(22)24)23-10-14-7-15(23)11-21(2)9-14/h8,13-15,25H,3-7,9-12H2,1-2H3. The number of piperidine rings is 2. The van der Waals surface area contributed by atoms with Crippen LogP contribution in [0, 0.1) is 5.92 Å². The average molecular weight is 347 g/mol. The van der Waals surface area contributed by atoms with Gasteiger partial charge in [0, 0.05) is 44.8 Å². The fraction of sp³-hybridized carbons (Fsp3) is 0.778. The van der Waals surface area contributed by atoms with Crippen LogP contribution in [-0.4, -0.2) is 82.9 Å². The lowest BCUT2D eigenvalue weighted by atomic mass is 9.91. The zero-order valence-corrected chi connectivity index (χ0v) is 15.3. The Bertz CT molecular complexity index is 682. The molecule has 3 aliphatic rings. The van der Waals surface area contributed by atoms with Crippen molar-refractivity contribution in [1.29, 1.82) is 0 Å². The average Bonchev–Trinajstić information content (AvgIpc) is 2.87. The van der Waals surface area contributed by atoms with E-state index in [0.29, 0.717) is 31.3 Å². The summed E-state index contributed by atoms with van der Waals surface area (Å²) in [6.45, 7) is 5.21. The van der Waals surface area contributed by atoms with Gasteiger partial charge in [0.05, 0.1) is 18.5 Å². The van der Waals surface area contributed by atoms with Crippen molar-refractivity contribution in [2.24, 2.45) is 5.92 Å². The second-order valence-corrected chi connectivity index (χ2v) is 8.37. The predicted octanol–water partition coefficient (Wildman–Crippen LogP) is -0.160. The van der Waals surface area contributed by atoms with Gasteiger partial charge in [-0.15, -0.1) is 0 Å². The molecule has 1 N–H and O–H groups in total. The molecule has 3 saturated heterocycles. The number of hydrogen-bond donors (Lipinski definition) is 1. The number of likely N-dealkylation sites (tertiary alicyclic amines) is 2. The van der Waals surface area contributed by atoms with Gasteiger partial charge in [0.15, 0.2) is 0 Å². The Hall–Kier alpha value is -1.44. The first-order valence-electron chi connectivity index (χ1n) is 9.34. The van der Waals surface area contributed by atoms with Crippen molar-refractivity contribution in [2.75, 3.05) is 51.7 Å². The summed E-state index contributed by atoms with van der Waals surface area (Å²) in [6, 6.07) is 2.11. The Labute approximate surface area is 148 Å². The molecule has 1 aromatic heterocycles. The van der Waals surface area contributed by atoms with Crippen molar-refractivity contribution in [3.63, 3.8) is 0 Å². The largest absolute Gasteiger partial charge is 0.388 e. The number of likely N-dealkylation sites (N-methyl/N-ethyl adjacent to an activating group) is 1. The molecule has 1 aromatic rings. The van der Waals surface area contributed by atoms with Gasteiger partial charge in [-0.2, -0.15) is 0 Å². The van der Waals surface area contributed by atoms with E-state index in [1.54, 1.807) is 17.0 Å². The zero-order valence-electron chi connectivity index (χ0n) is 15.3. The van der Waals surface area contributed by atoms with Crippen molar-refractivity contribution in [3.05, 3.63) is 22.7 Å². The summed E-state index contributed by atoms with van der Waals surface area (Å²) in [7, 11) is 4.22. The third kappa shape index (κ3) is 3.45. The van der Waals surface area contributed by atoms with Crippen LogP contribution in [0.5, 0.6) is 0 Å². The maximum atomic E-state index is 12.6. The van der Waals surface area contributed by atoms with Crippen molar-refractivity contribution in [3.8, 4) is 0 Å². The lowest BCUT2D eigenvalue weighted by Gasteiger charge is -2.36. The van der Waals surface area contributed by atoms with Crippen LogP contribution >= 0.6 is 0 Å². The number of aromatic nitrogens is 2. The van der Waals surface area contributed by atoms with E-state index < -0.39 is 5.60 Å². The second-order valence-electron chi connectivity index (χ2n) is 8.37. The molecule has 0 radical (unpaired) electrons. The Kier molecular flexibility index (Phi) is 4.33. The quantitative estimate of drug-likeness (QED) is 0.820. The summed E-state index contributed by atoms with van der Waals surface area (Å²) < 4.78 is 1.57. The second kappa shape index (κ2) is 6.37. The Morgan fingerprint density at radius 3 is 2.68 bits per heavy atom. The summed E-state index contributed by atoms with van der Waals surface area (Å²) in [6.07, 6.45) is 4.21. The van der Waals surface area contributed by atoms with E-state index in [1.807, 2.05) is 0 Å². The zero-order chi connectivity index (χ0) is 17.6. The van der Waals surface area contributed by atoms with Gasteiger partial charge in [0.25, 0.3) is 5.56 Å². The SMILES string of the molecule is CN1CCC(O)(Cn2cnc(N3CC4CC3CN(C)C4)cc2=O)CC1. The molecular formula is C18H29N5O2. The van der Waals surface area contributed by atoms with E-state index in [0.717, 1.165) is 38.5 Å². The Morgan fingerprint density at radius 1 is 1.20 bits per heavy atom. The summed E-state index contributed by atoms with van der Waals surface area (Å²) in [5.41, 5.74) is -0.862. The molecule has 0 aliphatic carbocycles. The predicted molar refractivity (Wildman–Crippen MR) is 96.9 cm³/mol. The van der Waals surface area contributed by atoms with Crippen LogP contribution in [0.3, 0.4) is 0 Å². The smallest absolute Gasteiger partial charge is 0.255 e. The highest BCUT2D eigenvalue weighted by atomic mass is 16.3. The first-order chi connectivity index (χ1) is 11.9. The van der Waals surface area contributed by atoms with Crippen molar-refractivity contribution in [2.45, 2.75) is 37.5 Å². The van der Waals surface area contributed by atoms with Crippen molar-refractivity contribution < 1.29 is 5.11 Å². The van der Waals surface area contributed by atoms with Gasteiger partial charge >= 0.3 is 0 Å². The number of nitrogens with zero attached hydrogens (tertiary/aromatic N) is 5. The molecule has 2 unspecified atom stereocenters.